The Labute approximate surface area is 139 Å². The van der Waals surface area contributed by atoms with E-state index in [0.717, 1.165) is 37.2 Å². The Hall–Kier alpha value is -1.55. The van der Waals surface area contributed by atoms with Crippen LogP contribution in [0.3, 0.4) is 0 Å². The van der Waals surface area contributed by atoms with Gasteiger partial charge in [-0.3, -0.25) is 4.79 Å². The fourth-order valence-corrected chi connectivity index (χ4v) is 3.96. The molecule has 23 heavy (non-hydrogen) atoms. The topological polar surface area (TPSA) is 41.6 Å². The molecule has 2 unspecified atom stereocenters. The van der Waals surface area contributed by atoms with E-state index in [2.05, 4.69) is 10.2 Å². The third-order valence-corrected chi connectivity index (χ3v) is 5.14. The first-order valence-electron chi connectivity index (χ1n) is 8.99. The Bertz CT molecular complexity index is 503. The summed E-state index contributed by atoms with van der Waals surface area (Å²) in [5.41, 5.74) is 0.683. The van der Waals surface area contributed by atoms with Crippen molar-refractivity contribution >= 4 is 5.91 Å². The summed E-state index contributed by atoms with van der Waals surface area (Å²) in [6.07, 6.45) is 5.39. The van der Waals surface area contributed by atoms with Crippen LogP contribution in [0.15, 0.2) is 24.3 Å². The van der Waals surface area contributed by atoms with Gasteiger partial charge in [-0.2, -0.15) is 0 Å². The molecular formula is C19H28N2O2. The third-order valence-electron chi connectivity index (χ3n) is 5.14. The molecular weight excluding hydrogens is 288 g/mol. The molecule has 4 heteroatoms. The molecule has 2 fully saturated rings. The molecule has 1 N–H and O–H groups in total. The van der Waals surface area contributed by atoms with E-state index in [9.17, 15) is 4.79 Å². The van der Waals surface area contributed by atoms with Crippen molar-refractivity contribution < 1.29 is 9.53 Å². The molecule has 0 aromatic heterocycles. The highest BCUT2D eigenvalue weighted by Gasteiger charge is 2.35. The van der Waals surface area contributed by atoms with E-state index >= 15 is 0 Å². The number of ether oxygens (including phenoxy) is 1. The second-order valence-electron chi connectivity index (χ2n) is 6.80. The standard InChI is InChI=1S/C19H28N2O2/c1-2-20-19(22)15-7-9-18(10-8-15)23-12-4-11-21-13-16-5-3-6-17(16)14-21/h7-10,16-17H,2-6,11-14H2,1H3,(H,20,22). The SMILES string of the molecule is CCNC(=O)c1ccc(OCCCN2CC3CCCC3C2)cc1. The number of hydrogen-bond acceptors (Lipinski definition) is 3. The van der Waals surface area contributed by atoms with E-state index in [0.29, 0.717) is 12.1 Å². The molecule has 4 nitrogen and oxygen atoms in total. The lowest BCUT2D eigenvalue weighted by Gasteiger charge is -2.16. The number of nitrogens with zero attached hydrogens (tertiary/aromatic N) is 1. The molecule has 0 radical (unpaired) electrons. The predicted octanol–water partition coefficient (Wildman–Crippen LogP) is 2.94. The fraction of sp³-hybridized carbons (Fsp3) is 0.632. The van der Waals surface area contributed by atoms with E-state index < -0.39 is 0 Å². The molecule has 2 atom stereocenters. The molecule has 1 saturated carbocycles. The first kappa shape index (κ1) is 16.3. The maximum Gasteiger partial charge on any atom is 0.251 e. The molecule has 126 valence electrons. The Morgan fingerprint density at radius 3 is 2.57 bits per heavy atom. The molecule has 1 heterocycles. The number of amides is 1. The van der Waals surface area contributed by atoms with Crippen LogP contribution in [0.5, 0.6) is 5.75 Å². The molecule has 3 rings (SSSR count). The van der Waals surface area contributed by atoms with Crippen molar-refractivity contribution in [2.24, 2.45) is 11.8 Å². The van der Waals surface area contributed by atoms with Crippen molar-refractivity contribution in [3.63, 3.8) is 0 Å². The molecule has 1 saturated heterocycles. The highest BCUT2D eigenvalue weighted by Crippen LogP contribution is 2.37. The molecule has 1 aliphatic carbocycles. The van der Waals surface area contributed by atoms with Gasteiger partial charge in [0.2, 0.25) is 0 Å². The number of rotatable bonds is 7. The molecule has 1 aliphatic heterocycles. The first-order valence-corrected chi connectivity index (χ1v) is 8.99. The van der Waals surface area contributed by atoms with E-state index in [1.165, 1.54) is 32.4 Å². The van der Waals surface area contributed by atoms with Crippen LogP contribution < -0.4 is 10.1 Å². The molecule has 2 aliphatic rings. The summed E-state index contributed by atoms with van der Waals surface area (Å²) in [5, 5.41) is 2.80. The minimum Gasteiger partial charge on any atom is -0.494 e. The van der Waals surface area contributed by atoms with Gasteiger partial charge in [-0.15, -0.1) is 0 Å². The van der Waals surface area contributed by atoms with Gasteiger partial charge in [-0.25, -0.2) is 0 Å². The molecule has 1 aromatic rings. The summed E-state index contributed by atoms with van der Waals surface area (Å²) in [6.45, 7) is 7.05. The minimum absolute atomic E-state index is 0.0290. The number of carbonyl (C=O) groups excluding carboxylic acids is 1. The summed E-state index contributed by atoms with van der Waals surface area (Å²) in [6, 6.07) is 7.40. The Morgan fingerprint density at radius 1 is 1.22 bits per heavy atom. The zero-order valence-electron chi connectivity index (χ0n) is 14.1. The first-order chi connectivity index (χ1) is 11.3. The van der Waals surface area contributed by atoms with Crippen molar-refractivity contribution in [3.8, 4) is 5.75 Å². The summed E-state index contributed by atoms with van der Waals surface area (Å²) in [5.74, 6) is 2.76. The van der Waals surface area contributed by atoms with Crippen LogP contribution in [0.2, 0.25) is 0 Å². The van der Waals surface area contributed by atoms with Gasteiger partial charge in [0.25, 0.3) is 5.91 Å². The minimum atomic E-state index is -0.0290. The van der Waals surface area contributed by atoms with Crippen LogP contribution in [-0.4, -0.2) is 43.6 Å². The molecule has 1 aromatic carbocycles. The van der Waals surface area contributed by atoms with Gasteiger partial charge in [0.15, 0.2) is 0 Å². The van der Waals surface area contributed by atoms with Crippen LogP contribution >= 0.6 is 0 Å². The van der Waals surface area contributed by atoms with Gasteiger partial charge in [0, 0.05) is 31.7 Å². The Morgan fingerprint density at radius 2 is 1.91 bits per heavy atom. The summed E-state index contributed by atoms with van der Waals surface area (Å²) in [4.78, 5) is 14.3. The highest BCUT2D eigenvalue weighted by molar-refractivity contribution is 5.94. The maximum absolute atomic E-state index is 11.7. The van der Waals surface area contributed by atoms with Gasteiger partial charge >= 0.3 is 0 Å². The van der Waals surface area contributed by atoms with Gasteiger partial charge < -0.3 is 15.0 Å². The van der Waals surface area contributed by atoms with Gasteiger partial charge in [-0.1, -0.05) is 6.42 Å². The largest absolute Gasteiger partial charge is 0.494 e. The smallest absolute Gasteiger partial charge is 0.251 e. The average molecular weight is 316 g/mol. The lowest BCUT2D eigenvalue weighted by Crippen LogP contribution is -2.24. The van der Waals surface area contributed by atoms with Crippen molar-refractivity contribution in [3.05, 3.63) is 29.8 Å². The third kappa shape index (κ3) is 4.25. The number of benzene rings is 1. The summed E-state index contributed by atoms with van der Waals surface area (Å²) >= 11 is 0. The maximum atomic E-state index is 11.7. The summed E-state index contributed by atoms with van der Waals surface area (Å²) in [7, 11) is 0. The van der Waals surface area contributed by atoms with E-state index in [-0.39, 0.29) is 5.91 Å². The van der Waals surface area contributed by atoms with Gasteiger partial charge in [0.05, 0.1) is 6.61 Å². The van der Waals surface area contributed by atoms with Crippen LogP contribution in [0.1, 0.15) is 43.0 Å². The lowest BCUT2D eigenvalue weighted by molar-refractivity contribution is 0.0956. The van der Waals surface area contributed by atoms with Crippen molar-refractivity contribution in [1.82, 2.24) is 10.2 Å². The zero-order valence-corrected chi connectivity index (χ0v) is 14.1. The predicted molar refractivity (Wildman–Crippen MR) is 91.8 cm³/mol. The second-order valence-corrected chi connectivity index (χ2v) is 6.80. The number of nitrogens with one attached hydrogen (secondary N) is 1. The number of hydrogen-bond donors (Lipinski definition) is 1. The van der Waals surface area contributed by atoms with Crippen molar-refractivity contribution in [2.45, 2.75) is 32.6 Å². The number of carbonyl (C=O) groups is 1. The lowest BCUT2D eigenvalue weighted by atomic mass is 10.0. The van der Waals surface area contributed by atoms with Crippen molar-refractivity contribution in [1.29, 1.82) is 0 Å². The highest BCUT2D eigenvalue weighted by atomic mass is 16.5. The van der Waals surface area contributed by atoms with Gasteiger partial charge in [0.1, 0.15) is 5.75 Å². The van der Waals surface area contributed by atoms with Crippen LogP contribution in [0.25, 0.3) is 0 Å². The van der Waals surface area contributed by atoms with E-state index in [1.54, 1.807) is 0 Å². The van der Waals surface area contributed by atoms with E-state index in [1.807, 2.05) is 31.2 Å². The Balaban J connectivity index is 1.35. The second kappa shape index (κ2) is 7.82. The molecule has 1 amide bonds. The fourth-order valence-electron chi connectivity index (χ4n) is 3.96. The normalized spacial score (nSPS) is 23.7. The molecule has 0 spiro atoms. The van der Waals surface area contributed by atoms with Crippen molar-refractivity contribution in [2.75, 3.05) is 32.8 Å². The quantitative estimate of drug-likeness (QED) is 0.786. The zero-order chi connectivity index (χ0) is 16.1. The average Bonchev–Trinajstić information content (AvgIpc) is 3.14. The number of likely N-dealkylation sites (tertiary alicyclic amines) is 1. The van der Waals surface area contributed by atoms with Crippen LogP contribution in [0, 0.1) is 11.8 Å². The summed E-state index contributed by atoms with van der Waals surface area (Å²) < 4.78 is 5.80. The number of fused-ring (bicyclic) bond motifs is 1. The van der Waals surface area contributed by atoms with Crippen LogP contribution in [0.4, 0.5) is 0 Å². The monoisotopic (exact) mass is 316 g/mol. The Kier molecular flexibility index (Phi) is 5.55. The van der Waals surface area contributed by atoms with E-state index in [4.69, 9.17) is 4.74 Å². The van der Waals surface area contributed by atoms with Gasteiger partial charge in [-0.05, 0) is 62.3 Å². The van der Waals surface area contributed by atoms with Crippen LogP contribution in [-0.2, 0) is 0 Å². The molecule has 0 bridgehead atoms.